The third kappa shape index (κ3) is 7.83. The minimum absolute atomic E-state index is 0.00106. The third-order valence-corrected chi connectivity index (χ3v) is 16.9. The molecule has 8 saturated carbocycles. The summed E-state index contributed by atoms with van der Waals surface area (Å²) in [5.74, 6) is 5.00. The van der Waals surface area contributed by atoms with E-state index >= 15 is 10.2 Å². The van der Waals surface area contributed by atoms with Gasteiger partial charge in [0, 0.05) is 11.1 Å². The molecule has 0 aliphatic heterocycles. The van der Waals surface area contributed by atoms with E-state index in [0.29, 0.717) is 0 Å². The Morgan fingerprint density at radius 2 is 0.746 bits per heavy atom. The first-order chi connectivity index (χ1) is 30.1. The summed E-state index contributed by atoms with van der Waals surface area (Å²) in [5.41, 5.74) is 11.6. The molecule has 8 aliphatic rings. The Labute approximate surface area is 390 Å². The molecule has 4 heteroatoms. The van der Waals surface area contributed by atoms with Gasteiger partial charge in [0.25, 0.3) is 0 Å². The second kappa shape index (κ2) is 16.1. The Morgan fingerprint density at radius 3 is 1.05 bits per heavy atom. The SMILES string of the molecule is CC(C)(C)c1cc(-c2ccccc2-c2cccc(-c3ccccc3-c3cc(C(C)(C)C)cc(C45CC6CC(CC(C6)C4)C5)c3[O-])n2)c([O-])c(C23CC4CC(CC(C4)C2)C3)c1.[CH3][Zr+2][CH3]. The van der Waals surface area contributed by atoms with Crippen LogP contribution in [-0.2, 0) is 44.9 Å². The number of hydrogen-bond donors (Lipinski definition) is 0. The Bertz CT molecular complexity index is 2290. The molecule has 1 aromatic heterocycles. The normalized spacial score (nSPS) is 29.0. The predicted octanol–water partition coefficient (Wildman–Crippen LogP) is 14.6. The van der Waals surface area contributed by atoms with Crippen LogP contribution < -0.4 is 10.2 Å². The Hall–Kier alpha value is -3.49. The topological polar surface area (TPSA) is 59.0 Å². The number of nitrogens with zero attached hydrogens (tertiary/aromatic N) is 1. The van der Waals surface area contributed by atoms with Gasteiger partial charge in [0.1, 0.15) is 0 Å². The van der Waals surface area contributed by atoms with Crippen LogP contribution in [0.3, 0.4) is 0 Å². The van der Waals surface area contributed by atoms with E-state index in [-0.39, 0.29) is 56.4 Å². The van der Waals surface area contributed by atoms with Gasteiger partial charge < -0.3 is 10.2 Å². The van der Waals surface area contributed by atoms with Gasteiger partial charge in [-0.2, -0.15) is 0 Å². The van der Waals surface area contributed by atoms with Gasteiger partial charge in [-0.15, -0.1) is 0 Å². The van der Waals surface area contributed by atoms with Gasteiger partial charge in [-0.25, -0.2) is 4.98 Å². The van der Waals surface area contributed by atoms with E-state index in [9.17, 15) is 0 Å². The molecule has 0 spiro atoms. The average Bonchev–Trinajstić information content (AvgIpc) is 3.22. The molecule has 0 N–H and O–H groups in total. The van der Waals surface area contributed by atoms with Crippen molar-refractivity contribution in [3.05, 3.63) is 113 Å². The van der Waals surface area contributed by atoms with Crippen molar-refractivity contribution in [2.75, 3.05) is 0 Å². The maximum absolute atomic E-state index is 15.1. The number of benzene rings is 4. The van der Waals surface area contributed by atoms with Gasteiger partial charge in [0.2, 0.25) is 0 Å². The van der Waals surface area contributed by atoms with Crippen LogP contribution in [0.5, 0.6) is 11.5 Å². The summed E-state index contributed by atoms with van der Waals surface area (Å²) in [5, 5.41) is 30.3. The van der Waals surface area contributed by atoms with Crippen molar-refractivity contribution in [3.63, 3.8) is 0 Å². The van der Waals surface area contributed by atoms with E-state index < -0.39 is 0 Å². The minimum atomic E-state index is -0.101. The average molecular weight is 915 g/mol. The van der Waals surface area contributed by atoms with E-state index in [1.807, 2.05) is 0 Å². The van der Waals surface area contributed by atoms with Crippen molar-refractivity contribution >= 4 is 0 Å². The molecule has 5 aromatic rings. The van der Waals surface area contributed by atoms with Crippen molar-refractivity contribution in [1.82, 2.24) is 4.98 Å². The molecular weight excluding hydrogens is 846 g/mol. The van der Waals surface area contributed by atoms with E-state index in [2.05, 4.69) is 142 Å². The summed E-state index contributed by atoms with van der Waals surface area (Å²) < 4.78 is 4.59. The molecule has 326 valence electrons. The van der Waals surface area contributed by atoms with E-state index in [0.717, 1.165) is 91.4 Å². The van der Waals surface area contributed by atoms with E-state index in [1.54, 1.807) is 0 Å². The van der Waals surface area contributed by atoms with Gasteiger partial charge in [0.15, 0.2) is 0 Å². The quantitative estimate of drug-likeness (QED) is 0.170. The van der Waals surface area contributed by atoms with Crippen molar-refractivity contribution in [2.45, 2.75) is 150 Å². The maximum atomic E-state index is 15.1. The van der Waals surface area contributed by atoms with E-state index in [4.69, 9.17) is 4.98 Å². The van der Waals surface area contributed by atoms with Gasteiger partial charge in [-0.3, -0.25) is 0 Å². The summed E-state index contributed by atoms with van der Waals surface area (Å²) in [7, 11) is 0. The first kappa shape index (κ1) is 43.4. The van der Waals surface area contributed by atoms with Crippen molar-refractivity contribution in [1.29, 1.82) is 0 Å². The fourth-order valence-corrected chi connectivity index (χ4v) is 14.8. The van der Waals surface area contributed by atoms with Crippen molar-refractivity contribution in [2.24, 2.45) is 35.5 Å². The molecule has 0 saturated heterocycles. The third-order valence-electron chi connectivity index (χ3n) is 16.9. The van der Waals surface area contributed by atoms with Crippen LogP contribution >= 0.6 is 0 Å². The predicted molar refractivity (Wildman–Crippen MR) is 254 cm³/mol. The van der Waals surface area contributed by atoms with Crippen molar-refractivity contribution in [3.8, 4) is 56.3 Å². The van der Waals surface area contributed by atoms with Gasteiger partial charge in [0.05, 0.1) is 11.4 Å². The zero-order valence-electron chi connectivity index (χ0n) is 39.4. The second-order valence-electron chi connectivity index (χ2n) is 23.7. The van der Waals surface area contributed by atoms with Crippen LogP contribution in [0.1, 0.15) is 141 Å². The molecule has 0 radical (unpaired) electrons. The van der Waals surface area contributed by atoms with Crippen LogP contribution in [0.25, 0.3) is 44.8 Å². The summed E-state index contributed by atoms with van der Waals surface area (Å²) in [6, 6.07) is 32.2. The standard InChI is InChI=1S/C57H65NO2.2CH3.Zr/c1-54(2,3)40-24-46(52(59)48(26-40)56-28-34-18-35(29-56)20-36(19-34)30-56)42-12-7-9-14-44(42)50-16-11-17-51(58-50)45-15-10-8-13-43(45)47-25-41(55(4,5)6)27-49(53(47)60)57-31-37-21-38(32-57)23-39(22-37)33-57;;;/h7-17,24-27,34-39,59-60H,18-23,28-33H2,1-6H3;2*1H3;/q;;;+2/p-2. The molecule has 13 rings (SSSR count). The molecule has 8 bridgehead atoms. The monoisotopic (exact) mass is 913 g/mol. The van der Waals surface area contributed by atoms with Gasteiger partial charge >= 0.3 is 32.5 Å². The van der Waals surface area contributed by atoms with Crippen LogP contribution in [0.15, 0.2) is 91.0 Å². The molecule has 63 heavy (non-hydrogen) atoms. The Balaban J connectivity index is 0.00000153. The van der Waals surface area contributed by atoms with Crippen LogP contribution in [0, 0.1) is 35.5 Å². The molecule has 0 amide bonds. The fourth-order valence-electron chi connectivity index (χ4n) is 14.8. The molecule has 0 unspecified atom stereocenters. The molecule has 3 nitrogen and oxygen atoms in total. The summed E-state index contributed by atoms with van der Waals surface area (Å²) in [6.07, 6.45) is 15.1. The summed E-state index contributed by atoms with van der Waals surface area (Å²) in [6.45, 7) is 13.7. The molecule has 8 aliphatic carbocycles. The molecule has 4 aromatic carbocycles. The zero-order chi connectivity index (χ0) is 44.1. The Morgan fingerprint density at radius 1 is 0.444 bits per heavy atom. The molecule has 8 fully saturated rings. The number of rotatable bonds is 6. The van der Waals surface area contributed by atoms with Crippen LogP contribution in [0.2, 0.25) is 9.26 Å². The van der Waals surface area contributed by atoms with Crippen molar-refractivity contribution < 1.29 is 33.4 Å². The summed E-state index contributed by atoms with van der Waals surface area (Å²) in [4.78, 5) is 5.44. The number of hydrogen-bond acceptors (Lipinski definition) is 3. The first-order valence-corrected chi connectivity index (χ1v) is 29.4. The molecule has 1 heterocycles. The van der Waals surface area contributed by atoms with Crippen LogP contribution in [0.4, 0.5) is 0 Å². The van der Waals surface area contributed by atoms with E-state index in [1.165, 1.54) is 88.2 Å². The fraction of sp³-hybridized carbons (Fsp3) is 0.508. The Kier molecular flexibility index (Phi) is 11.1. The summed E-state index contributed by atoms with van der Waals surface area (Å²) >= 11 is 0.230. The second-order valence-corrected chi connectivity index (χ2v) is 26.2. The van der Waals surface area contributed by atoms with Gasteiger partial charge in [-0.1, -0.05) is 132 Å². The number of aromatic nitrogens is 1. The molecule has 0 atom stereocenters. The molecular formula is C59H69NO2Zr. The number of pyridine rings is 1. The van der Waals surface area contributed by atoms with Gasteiger partial charge in [-0.05, 0) is 191 Å². The zero-order valence-corrected chi connectivity index (χ0v) is 41.8. The first-order valence-electron chi connectivity index (χ1n) is 24.5. The van der Waals surface area contributed by atoms with Crippen LogP contribution in [-0.4, -0.2) is 4.98 Å².